The molecule has 2 fully saturated rings. The van der Waals surface area contributed by atoms with Gasteiger partial charge in [-0.25, -0.2) is 8.42 Å². The number of piperazine rings is 1. The number of hydrogen-bond donors (Lipinski definition) is 0. The van der Waals surface area contributed by atoms with Gasteiger partial charge in [-0.1, -0.05) is 30.5 Å². The summed E-state index contributed by atoms with van der Waals surface area (Å²) in [5.41, 5.74) is 0.996. The van der Waals surface area contributed by atoms with Crippen molar-refractivity contribution < 1.29 is 18.0 Å². The summed E-state index contributed by atoms with van der Waals surface area (Å²) in [5, 5.41) is 0. The Labute approximate surface area is 167 Å². The molecule has 1 aromatic rings. The third-order valence-electron chi connectivity index (χ3n) is 5.89. The van der Waals surface area contributed by atoms with Crippen molar-refractivity contribution >= 4 is 21.7 Å². The molecular weight excluding hydrogens is 376 g/mol. The van der Waals surface area contributed by atoms with Gasteiger partial charge in [-0.15, -0.1) is 0 Å². The number of carbonyl (C=O) groups is 2. The molecule has 7 heteroatoms. The number of carbonyl (C=O) groups excluding carboxylic acids is 2. The highest BCUT2D eigenvalue weighted by Gasteiger charge is 2.27. The second-order valence-electron chi connectivity index (χ2n) is 8.00. The molecule has 0 N–H and O–H groups in total. The second-order valence-corrected chi connectivity index (χ2v) is 10.1. The monoisotopic (exact) mass is 406 g/mol. The van der Waals surface area contributed by atoms with E-state index in [1.165, 1.54) is 12.8 Å². The van der Waals surface area contributed by atoms with Gasteiger partial charge in [-0.2, -0.15) is 0 Å². The summed E-state index contributed by atoms with van der Waals surface area (Å²) in [4.78, 5) is 28.6. The zero-order chi connectivity index (χ0) is 20.1. The van der Waals surface area contributed by atoms with Gasteiger partial charge in [0.1, 0.15) is 0 Å². The van der Waals surface area contributed by atoms with Crippen LogP contribution < -0.4 is 0 Å². The molecule has 154 valence electrons. The minimum Gasteiger partial charge on any atom is -0.339 e. The Morgan fingerprint density at radius 2 is 1.46 bits per heavy atom. The van der Waals surface area contributed by atoms with E-state index in [2.05, 4.69) is 0 Å². The molecule has 0 atom stereocenters. The van der Waals surface area contributed by atoms with Crippen LogP contribution in [-0.4, -0.2) is 62.0 Å². The molecule has 1 aliphatic heterocycles. The number of nitrogens with zero attached hydrogens (tertiary/aromatic N) is 2. The average Bonchev–Trinajstić information content (AvgIpc) is 3.19. The molecule has 0 radical (unpaired) electrons. The maximum absolute atomic E-state index is 12.4. The summed E-state index contributed by atoms with van der Waals surface area (Å²) >= 11 is 0. The van der Waals surface area contributed by atoms with Gasteiger partial charge in [0.2, 0.25) is 11.8 Å². The van der Waals surface area contributed by atoms with Crippen LogP contribution in [0.4, 0.5) is 0 Å². The standard InChI is InChI=1S/C21H30N2O4S/c1-17-6-8-19(9-7-17)28(26,27)15-10-20(24)22-11-13-23(14-12-22)21(25)16-18-4-2-3-5-18/h6-9,18H,2-5,10-16H2,1H3. The fraction of sp³-hybridized carbons (Fsp3) is 0.619. The van der Waals surface area contributed by atoms with Crippen molar-refractivity contribution in [2.45, 2.75) is 50.3 Å². The fourth-order valence-corrected chi connectivity index (χ4v) is 5.27. The Kier molecular flexibility index (Phi) is 6.75. The Hall–Kier alpha value is -1.89. The second kappa shape index (κ2) is 9.07. The number of benzene rings is 1. The first kappa shape index (κ1) is 20.8. The topological polar surface area (TPSA) is 74.8 Å². The van der Waals surface area contributed by atoms with Crippen LogP contribution in [0, 0.1) is 12.8 Å². The van der Waals surface area contributed by atoms with Crippen LogP contribution in [0.5, 0.6) is 0 Å². The molecule has 6 nitrogen and oxygen atoms in total. The molecule has 28 heavy (non-hydrogen) atoms. The van der Waals surface area contributed by atoms with Crippen molar-refractivity contribution in [3.8, 4) is 0 Å². The predicted molar refractivity (Wildman–Crippen MR) is 108 cm³/mol. The Balaban J connectivity index is 1.44. The van der Waals surface area contributed by atoms with Gasteiger partial charge in [-0.3, -0.25) is 9.59 Å². The SMILES string of the molecule is Cc1ccc(S(=O)(=O)CCC(=O)N2CCN(C(=O)CC3CCCC3)CC2)cc1. The van der Waals surface area contributed by atoms with Gasteiger partial charge < -0.3 is 9.80 Å². The Bertz CT molecular complexity index is 790. The van der Waals surface area contributed by atoms with Gasteiger partial charge in [0.25, 0.3) is 0 Å². The van der Waals surface area contributed by atoms with Crippen molar-refractivity contribution in [1.29, 1.82) is 0 Å². The highest BCUT2D eigenvalue weighted by atomic mass is 32.2. The summed E-state index contributed by atoms with van der Waals surface area (Å²) in [6.07, 6.45) is 5.37. The molecule has 1 saturated heterocycles. The maximum Gasteiger partial charge on any atom is 0.223 e. The van der Waals surface area contributed by atoms with Crippen molar-refractivity contribution in [3.63, 3.8) is 0 Å². The van der Waals surface area contributed by atoms with Gasteiger partial charge >= 0.3 is 0 Å². The van der Waals surface area contributed by atoms with E-state index in [9.17, 15) is 18.0 Å². The van der Waals surface area contributed by atoms with E-state index in [0.717, 1.165) is 18.4 Å². The summed E-state index contributed by atoms with van der Waals surface area (Å²) in [6, 6.07) is 6.70. The van der Waals surface area contributed by atoms with E-state index in [0.29, 0.717) is 38.5 Å². The first-order valence-electron chi connectivity index (χ1n) is 10.2. The number of aryl methyl sites for hydroxylation is 1. The van der Waals surface area contributed by atoms with E-state index in [1.807, 2.05) is 11.8 Å². The molecule has 0 aromatic heterocycles. The molecule has 0 unspecified atom stereocenters. The zero-order valence-corrected chi connectivity index (χ0v) is 17.4. The molecule has 1 aromatic carbocycles. The Morgan fingerprint density at radius 1 is 0.929 bits per heavy atom. The molecule has 1 saturated carbocycles. The largest absolute Gasteiger partial charge is 0.339 e. The Morgan fingerprint density at radius 3 is 2.04 bits per heavy atom. The number of rotatable bonds is 6. The maximum atomic E-state index is 12.4. The van der Waals surface area contributed by atoms with Crippen molar-refractivity contribution in [3.05, 3.63) is 29.8 Å². The fourth-order valence-electron chi connectivity index (χ4n) is 4.04. The molecule has 1 heterocycles. The summed E-state index contributed by atoms with van der Waals surface area (Å²) < 4.78 is 24.8. The molecule has 2 amide bonds. The van der Waals surface area contributed by atoms with Crippen molar-refractivity contribution in [2.24, 2.45) is 5.92 Å². The minimum absolute atomic E-state index is 0.0216. The highest BCUT2D eigenvalue weighted by Crippen LogP contribution is 2.28. The summed E-state index contributed by atoms with van der Waals surface area (Å²) in [5.74, 6) is 0.383. The first-order valence-corrected chi connectivity index (χ1v) is 11.9. The molecule has 2 aliphatic rings. The van der Waals surface area contributed by atoms with Crippen LogP contribution in [0.1, 0.15) is 44.1 Å². The van der Waals surface area contributed by atoms with E-state index in [1.54, 1.807) is 29.2 Å². The van der Waals surface area contributed by atoms with Crippen LogP contribution >= 0.6 is 0 Å². The van der Waals surface area contributed by atoms with E-state index >= 15 is 0 Å². The lowest BCUT2D eigenvalue weighted by Crippen LogP contribution is -2.51. The number of amides is 2. The van der Waals surface area contributed by atoms with Crippen molar-refractivity contribution in [1.82, 2.24) is 9.80 Å². The molecule has 1 aliphatic carbocycles. The number of sulfone groups is 1. The minimum atomic E-state index is -3.46. The van der Waals surface area contributed by atoms with Crippen LogP contribution in [0.3, 0.4) is 0 Å². The summed E-state index contributed by atoms with van der Waals surface area (Å²) in [6.45, 7) is 3.96. The quantitative estimate of drug-likeness (QED) is 0.727. The molecular formula is C21H30N2O4S. The lowest BCUT2D eigenvalue weighted by molar-refractivity contribution is -0.139. The van der Waals surface area contributed by atoms with Crippen LogP contribution in [0.2, 0.25) is 0 Å². The highest BCUT2D eigenvalue weighted by molar-refractivity contribution is 7.91. The van der Waals surface area contributed by atoms with Gasteiger partial charge in [0.05, 0.1) is 10.6 Å². The van der Waals surface area contributed by atoms with Gasteiger partial charge in [0.15, 0.2) is 9.84 Å². The first-order chi connectivity index (χ1) is 13.3. The van der Waals surface area contributed by atoms with Crippen molar-refractivity contribution in [2.75, 3.05) is 31.9 Å². The van der Waals surface area contributed by atoms with Gasteiger partial charge in [-0.05, 0) is 37.8 Å². The van der Waals surface area contributed by atoms with Crippen LogP contribution in [0.25, 0.3) is 0 Å². The average molecular weight is 407 g/mol. The van der Waals surface area contributed by atoms with E-state index < -0.39 is 9.84 Å². The van der Waals surface area contributed by atoms with Crippen LogP contribution in [-0.2, 0) is 19.4 Å². The van der Waals surface area contributed by atoms with E-state index in [4.69, 9.17) is 0 Å². The lowest BCUT2D eigenvalue weighted by atomic mass is 10.0. The number of hydrogen-bond acceptors (Lipinski definition) is 4. The van der Waals surface area contributed by atoms with E-state index in [-0.39, 0.29) is 28.9 Å². The smallest absolute Gasteiger partial charge is 0.223 e. The van der Waals surface area contributed by atoms with Crippen LogP contribution in [0.15, 0.2) is 29.2 Å². The third kappa shape index (κ3) is 5.34. The predicted octanol–water partition coefficient (Wildman–Crippen LogP) is 2.41. The van der Waals surface area contributed by atoms with Gasteiger partial charge in [0, 0.05) is 39.0 Å². The molecule has 0 spiro atoms. The zero-order valence-electron chi connectivity index (χ0n) is 16.6. The third-order valence-corrected chi connectivity index (χ3v) is 7.62. The molecule has 0 bridgehead atoms. The molecule has 3 rings (SSSR count). The summed E-state index contributed by atoms with van der Waals surface area (Å²) in [7, 11) is -3.46. The normalized spacial score (nSPS) is 18.5. The lowest BCUT2D eigenvalue weighted by Gasteiger charge is -2.35.